The van der Waals surface area contributed by atoms with Crippen LogP contribution in [0.15, 0.2) is 60.9 Å². The number of likely N-dealkylation sites (tertiary alicyclic amines) is 1. The Morgan fingerprint density at radius 2 is 2.11 bits per heavy atom. The second-order valence-electron chi connectivity index (χ2n) is 7.18. The molecule has 0 bridgehead atoms. The standard InChI is InChI=1S/C23H24N2O2/c1-27-21-9-3-5-17(13-21)23(26)20-8-4-12-25(16-20)15-19-7-2-6-18-14-24-11-10-22(18)19/h2-3,5-7,9-11,13-14,20H,4,8,12,15-16H2,1H3/t20-/m0/s1. The zero-order valence-corrected chi connectivity index (χ0v) is 15.6. The fourth-order valence-electron chi connectivity index (χ4n) is 3.99. The van der Waals surface area contributed by atoms with Crippen LogP contribution in [-0.4, -0.2) is 35.9 Å². The minimum atomic E-state index is 0.0440. The van der Waals surface area contributed by atoms with E-state index in [1.165, 1.54) is 10.9 Å². The number of aromatic nitrogens is 1. The first-order valence-corrected chi connectivity index (χ1v) is 9.47. The molecule has 0 radical (unpaired) electrons. The van der Waals surface area contributed by atoms with Gasteiger partial charge in [0.05, 0.1) is 7.11 Å². The molecule has 1 fully saturated rings. The van der Waals surface area contributed by atoms with Gasteiger partial charge in [-0.2, -0.15) is 0 Å². The molecule has 4 heteroatoms. The van der Waals surface area contributed by atoms with Crippen molar-refractivity contribution in [3.63, 3.8) is 0 Å². The molecule has 0 unspecified atom stereocenters. The first-order valence-electron chi connectivity index (χ1n) is 9.47. The van der Waals surface area contributed by atoms with Gasteiger partial charge in [0.2, 0.25) is 0 Å². The summed E-state index contributed by atoms with van der Waals surface area (Å²) in [6.07, 6.45) is 5.75. The Labute approximate surface area is 159 Å². The maximum absolute atomic E-state index is 13.0. The fraction of sp³-hybridized carbons (Fsp3) is 0.304. The molecular formula is C23H24N2O2. The highest BCUT2D eigenvalue weighted by molar-refractivity contribution is 5.98. The van der Waals surface area contributed by atoms with Crippen LogP contribution in [0.3, 0.4) is 0 Å². The lowest BCUT2D eigenvalue weighted by molar-refractivity contribution is 0.0811. The predicted octanol–water partition coefficient (Wildman–Crippen LogP) is 4.34. The highest BCUT2D eigenvalue weighted by atomic mass is 16.5. The van der Waals surface area contributed by atoms with Crippen molar-refractivity contribution < 1.29 is 9.53 Å². The van der Waals surface area contributed by atoms with Crippen LogP contribution in [0.25, 0.3) is 10.8 Å². The first-order chi connectivity index (χ1) is 13.2. The number of rotatable bonds is 5. The molecule has 0 aliphatic carbocycles. The number of Topliss-reactive ketones (excluding diaryl/α,β-unsaturated/α-hetero) is 1. The van der Waals surface area contributed by atoms with Crippen molar-refractivity contribution in [1.29, 1.82) is 0 Å². The lowest BCUT2D eigenvalue weighted by atomic mass is 9.89. The van der Waals surface area contributed by atoms with Crippen molar-refractivity contribution in [2.45, 2.75) is 19.4 Å². The molecule has 4 nitrogen and oxygen atoms in total. The summed E-state index contributed by atoms with van der Waals surface area (Å²) in [5.74, 6) is 1.00. The number of fused-ring (bicyclic) bond motifs is 1. The Morgan fingerprint density at radius 3 is 3.00 bits per heavy atom. The zero-order valence-electron chi connectivity index (χ0n) is 15.6. The molecule has 0 spiro atoms. The van der Waals surface area contributed by atoms with Gasteiger partial charge in [-0.3, -0.25) is 14.7 Å². The number of carbonyl (C=O) groups excluding carboxylic acids is 1. The van der Waals surface area contributed by atoms with Gasteiger partial charge in [-0.25, -0.2) is 0 Å². The molecule has 27 heavy (non-hydrogen) atoms. The van der Waals surface area contributed by atoms with Crippen molar-refractivity contribution >= 4 is 16.6 Å². The Hall–Kier alpha value is -2.72. The zero-order chi connectivity index (χ0) is 18.6. The highest BCUT2D eigenvalue weighted by Gasteiger charge is 2.27. The molecular weight excluding hydrogens is 336 g/mol. The van der Waals surface area contributed by atoms with E-state index < -0.39 is 0 Å². The number of benzene rings is 2. The molecule has 2 heterocycles. The van der Waals surface area contributed by atoms with Gasteiger partial charge in [-0.05, 0) is 48.5 Å². The van der Waals surface area contributed by atoms with Gasteiger partial charge in [0, 0.05) is 42.4 Å². The number of hydrogen-bond acceptors (Lipinski definition) is 4. The van der Waals surface area contributed by atoms with E-state index in [1.807, 2.05) is 36.7 Å². The molecule has 4 rings (SSSR count). The molecule has 1 aromatic heterocycles. The topological polar surface area (TPSA) is 42.4 Å². The minimum Gasteiger partial charge on any atom is -0.497 e. The van der Waals surface area contributed by atoms with Crippen LogP contribution in [0.4, 0.5) is 0 Å². The number of hydrogen-bond donors (Lipinski definition) is 0. The van der Waals surface area contributed by atoms with Crippen LogP contribution < -0.4 is 4.74 Å². The fourth-order valence-corrected chi connectivity index (χ4v) is 3.99. The van der Waals surface area contributed by atoms with E-state index in [9.17, 15) is 4.79 Å². The number of pyridine rings is 1. The normalized spacial score (nSPS) is 17.7. The minimum absolute atomic E-state index is 0.0440. The van der Waals surface area contributed by atoms with Crippen LogP contribution in [0, 0.1) is 5.92 Å². The third kappa shape index (κ3) is 3.86. The van der Waals surface area contributed by atoms with Gasteiger partial charge in [0.25, 0.3) is 0 Å². The van der Waals surface area contributed by atoms with Crippen molar-refractivity contribution in [3.8, 4) is 5.75 Å². The number of ketones is 1. The average Bonchev–Trinajstić information content (AvgIpc) is 2.74. The van der Waals surface area contributed by atoms with Gasteiger partial charge < -0.3 is 4.74 Å². The number of nitrogens with zero attached hydrogens (tertiary/aromatic N) is 2. The second kappa shape index (κ2) is 7.89. The molecule has 3 aromatic rings. The van der Waals surface area contributed by atoms with Gasteiger partial charge in [-0.15, -0.1) is 0 Å². The molecule has 2 aromatic carbocycles. The third-order valence-electron chi connectivity index (χ3n) is 5.40. The predicted molar refractivity (Wildman–Crippen MR) is 107 cm³/mol. The highest BCUT2D eigenvalue weighted by Crippen LogP contribution is 2.26. The van der Waals surface area contributed by atoms with Crippen molar-refractivity contribution in [2.24, 2.45) is 5.92 Å². The second-order valence-corrected chi connectivity index (χ2v) is 7.18. The average molecular weight is 360 g/mol. The lowest BCUT2D eigenvalue weighted by Crippen LogP contribution is -2.38. The molecule has 0 amide bonds. The van der Waals surface area contributed by atoms with Crippen molar-refractivity contribution in [2.75, 3.05) is 20.2 Å². The smallest absolute Gasteiger partial charge is 0.167 e. The summed E-state index contributed by atoms with van der Waals surface area (Å²) in [7, 11) is 1.63. The van der Waals surface area contributed by atoms with E-state index in [4.69, 9.17) is 4.74 Å². The van der Waals surface area contributed by atoms with Gasteiger partial charge in [0.1, 0.15) is 5.75 Å². The quantitative estimate of drug-likeness (QED) is 0.635. The maximum Gasteiger partial charge on any atom is 0.167 e. The van der Waals surface area contributed by atoms with Gasteiger partial charge >= 0.3 is 0 Å². The van der Waals surface area contributed by atoms with Gasteiger partial charge in [-0.1, -0.05) is 30.3 Å². The monoisotopic (exact) mass is 360 g/mol. The molecule has 0 N–H and O–H groups in total. The van der Waals surface area contributed by atoms with Crippen LogP contribution in [0.1, 0.15) is 28.8 Å². The number of carbonyl (C=O) groups is 1. The molecule has 0 saturated carbocycles. The summed E-state index contributed by atoms with van der Waals surface area (Å²) < 4.78 is 5.27. The molecule has 1 atom stereocenters. The maximum atomic E-state index is 13.0. The number of methoxy groups -OCH3 is 1. The Morgan fingerprint density at radius 1 is 1.22 bits per heavy atom. The third-order valence-corrected chi connectivity index (χ3v) is 5.40. The van der Waals surface area contributed by atoms with Crippen LogP contribution in [0.5, 0.6) is 5.75 Å². The Bertz CT molecular complexity index is 949. The van der Waals surface area contributed by atoms with E-state index in [-0.39, 0.29) is 11.7 Å². The summed E-state index contributed by atoms with van der Waals surface area (Å²) in [6, 6.07) is 15.9. The SMILES string of the molecule is COc1cccc(C(=O)[C@H]2CCCN(Cc3cccc4cnccc34)C2)c1. The van der Waals surface area contributed by atoms with Gasteiger partial charge in [0.15, 0.2) is 5.78 Å². The summed E-state index contributed by atoms with van der Waals surface area (Å²) >= 11 is 0. The lowest BCUT2D eigenvalue weighted by Gasteiger charge is -2.32. The van der Waals surface area contributed by atoms with E-state index in [1.54, 1.807) is 7.11 Å². The van der Waals surface area contributed by atoms with Crippen LogP contribution >= 0.6 is 0 Å². The number of ether oxygens (including phenoxy) is 1. The largest absolute Gasteiger partial charge is 0.497 e. The molecule has 1 aliphatic heterocycles. The Balaban J connectivity index is 1.50. The van der Waals surface area contributed by atoms with Crippen molar-refractivity contribution in [1.82, 2.24) is 9.88 Å². The number of piperidine rings is 1. The van der Waals surface area contributed by atoms with E-state index in [2.05, 4.69) is 34.1 Å². The van der Waals surface area contributed by atoms with Crippen molar-refractivity contribution in [3.05, 3.63) is 72.1 Å². The summed E-state index contributed by atoms with van der Waals surface area (Å²) in [5.41, 5.74) is 2.04. The van der Waals surface area contributed by atoms with E-state index in [0.29, 0.717) is 0 Å². The summed E-state index contributed by atoms with van der Waals surface area (Å²) in [5, 5.41) is 2.41. The molecule has 1 saturated heterocycles. The van der Waals surface area contributed by atoms with E-state index in [0.717, 1.165) is 49.2 Å². The summed E-state index contributed by atoms with van der Waals surface area (Å²) in [4.78, 5) is 19.6. The van der Waals surface area contributed by atoms with E-state index >= 15 is 0 Å². The van der Waals surface area contributed by atoms with Crippen LogP contribution in [-0.2, 0) is 6.54 Å². The molecule has 1 aliphatic rings. The molecule has 138 valence electrons. The Kier molecular flexibility index (Phi) is 5.16. The summed E-state index contributed by atoms with van der Waals surface area (Å²) in [6.45, 7) is 2.70. The van der Waals surface area contributed by atoms with Crippen LogP contribution in [0.2, 0.25) is 0 Å². The first kappa shape index (κ1) is 17.7.